The summed E-state index contributed by atoms with van der Waals surface area (Å²) in [5, 5.41) is 220. The molecule has 5 heterocycles. The van der Waals surface area contributed by atoms with Crippen LogP contribution in [0.4, 0.5) is 0 Å². The number of rotatable bonds is 6. The molecule has 0 aliphatic carbocycles. The number of hydrogen-bond acceptors (Lipinski definition) is 24. The topological polar surface area (TPSA) is 431 Å². The summed E-state index contributed by atoms with van der Waals surface area (Å²) in [5.41, 5.74) is -3.38. The van der Waals surface area contributed by atoms with Crippen LogP contribution >= 0.6 is 0 Å². The van der Waals surface area contributed by atoms with E-state index < -0.39 is 210 Å². The summed E-state index contributed by atoms with van der Waals surface area (Å²) < 4.78 is 33.2. The van der Waals surface area contributed by atoms with Crippen LogP contribution in [-0.2, 0) is 12.2 Å². The Morgan fingerprint density at radius 2 is 0.810 bits per heavy atom. The van der Waals surface area contributed by atoms with E-state index in [1.807, 2.05) is 0 Å². The highest BCUT2D eigenvalue weighted by Gasteiger charge is 2.63. The van der Waals surface area contributed by atoms with E-state index in [1.54, 1.807) is 0 Å². The van der Waals surface area contributed by atoms with Crippen LogP contribution in [0.2, 0.25) is 0 Å². The molecule has 0 aromatic heterocycles. The van der Waals surface area contributed by atoms with Crippen LogP contribution in [0.5, 0.6) is 115 Å². The summed E-state index contributed by atoms with van der Waals surface area (Å²) in [7, 11) is 0. The summed E-state index contributed by atoms with van der Waals surface area (Å²) >= 11 is 0. The monoisotopic (exact) mass is 1150 g/mol. The summed E-state index contributed by atoms with van der Waals surface area (Å²) in [6, 6.07) is 18.0. The summed E-state index contributed by atoms with van der Waals surface area (Å²) in [6.45, 7) is 0. The Balaban J connectivity index is 1.18. The molecule has 0 radical (unpaired) electrons. The molecule has 8 aromatic rings. The van der Waals surface area contributed by atoms with Gasteiger partial charge in [0.15, 0.2) is 58.2 Å². The van der Waals surface area contributed by atoms with Crippen LogP contribution in [0, 0.1) is 0 Å². The molecule has 8 aromatic carbocycles. The molecule has 0 saturated carbocycles. The smallest absolute Gasteiger partial charge is 0.305 e. The minimum Gasteiger partial charge on any atom is -0.508 e. The minimum atomic E-state index is -2.72. The second kappa shape index (κ2) is 18.6. The maximum atomic E-state index is 13.9. The molecule has 0 saturated heterocycles. The second-order valence-electron chi connectivity index (χ2n) is 21.2. The van der Waals surface area contributed by atoms with Gasteiger partial charge in [0.2, 0.25) is 0 Å². The van der Waals surface area contributed by atoms with E-state index in [1.165, 1.54) is 24.3 Å². The molecule has 2 bridgehead atoms. The Bertz CT molecular complexity index is 4110. The average molecular weight is 1150 g/mol. The molecule has 24 heteroatoms. The van der Waals surface area contributed by atoms with Gasteiger partial charge in [-0.15, -0.1) is 0 Å². The van der Waals surface area contributed by atoms with Crippen LogP contribution in [-0.4, -0.2) is 121 Å². The van der Waals surface area contributed by atoms with Crippen molar-refractivity contribution in [2.75, 3.05) is 0 Å². The first-order valence-electron chi connectivity index (χ1n) is 25.8. The molecular weight excluding hydrogens is 1100 g/mol. The molecule has 19 N–H and O–H groups in total. The third kappa shape index (κ3) is 7.68. The van der Waals surface area contributed by atoms with Crippen molar-refractivity contribution in [1.29, 1.82) is 0 Å². The zero-order chi connectivity index (χ0) is 59.4. The van der Waals surface area contributed by atoms with Crippen LogP contribution in [0.15, 0.2) is 103 Å². The lowest BCUT2D eigenvalue weighted by atomic mass is 9.68. The molecule has 432 valence electrons. The zero-order valence-corrected chi connectivity index (χ0v) is 42.8. The molecular formula is C60H48O24. The van der Waals surface area contributed by atoms with E-state index in [-0.39, 0.29) is 39.1 Å². The fourth-order valence-electron chi connectivity index (χ4n) is 12.6. The van der Waals surface area contributed by atoms with Crippen molar-refractivity contribution in [1.82, 2.24) is 0 Å². The normalized spacial score (nSPS) is 25.1. The maximum Gasteiger partial charge on any atom is 0.305 e. The van der Waals surface area contributed by atoms with Gasteiger partial charge in [-0.2, -0.15) is 0 Å². The Morgan fingerprint density at radius 1 is 0.345 bits per heavy atom. The van der Waals surface area contributed by atoms with Crippen molar-refractivity contribution in [2.45, 2.75) is 72.7 Å². The molecule has 11 atom stereocenters. The summed E-state index contributed by atoms with van der Waals surface area (Å²) in [5.74, 6) is -21.5. The first-order chi connectivity index (χ1) is 40.0. The van der Waals surface area contributed by atoms with E-state index in [0.717, 1.165) is 78.9 Å². The van der Waals surface area contributed by atoms with Crippen molar-refractivity contribution in [3.63, 3.8) is 0 Å². The van der Waals surface area contributed by atoms with Crippen molar-refractivity contribution < 1.29 is 121 Å². The van der Waals surface area contributed by atoms with Crippen molar-refractivity contribution >= 4 is 0 Å². The van der Waals surface area contributed by atoms with Gasteiger partial charge in [-0.1, -0.05) is 18.2 Å². The van der Waals surface area contributed by atoms with E-state index >= 15 is 0 Å². The average Bonchev–Trinajstić information content (AvgIpc) is 1.02. The fraction of sp³-hybridized carbons (Fsp3) is 0.200. The molecule has 13 rings (SSSR count). The van der Waals surface area contributed by atoms with Crippen LogP contribution < -0.4 is 23.7 Å². The lowest BCUT2D eigenvalue weighted by Gasteiger charge is -2.52. The number of ether oxygens (including phenoxy) is 5. The number of fused-ring (bicyclic) bond motifs is 10. The van der Waals surface area contributed by atoms with E-state index in [0.29, 0.717) is 0 Å². The number of benzene rings is 8. The Morgan fingerprint density at radius 3 is 1.37 bits per heavy atom. The van der Waals surface area contributed by atoms with Gasteiger partial charge >= 0.3 is 5.79 Å². The molecule has 0 spiro atoms. The van der Waals surface area contributed by atoms with Crippen LogP contribution in [0.1, 0.15) is 97.3 Å². The van der Waals surface area contributed by atoms with Gasteiger partial charge in [-0.05, 0) is 71.3 Å². The standard InChI is InChI=1S/C60H48O24/c61-23-13-35(72)41-39(15-23)80-54(20-2-6-27(64)32(69)10-20)51(77)44(41)48-50(76)47-45(43-37(74)18-30(67)25-17-38(75)53(81-56(25)43)19-1-5-26(63)31(68)9-19)52(78)55(21-3-7-28(65)33(70)11-21)82-57(47)49-46-42-36(73)14-24(62)16-40(42)83-60(59(46)79,84-58(48)49)22-4-8-29(66)34(71)12-22/h1-16,18,38,44-46,51-55,59,61-79H,17H2/t38-,44+,45+,46+,51-,52-,53-,54-,55-,59-,60+/m1/s1. The Hall–Kier alpha value is -10.4. The maximum absolute atomic E-state index is 13.9. The first-order valence-corrected chi connectivity index (χ1v) is 25.8. The number of phenolic OH excluding ortho intramolecular Hbond substituents is 15. The molecule has 0 unspecified atom stereocenters. The predicted molar refractivity (Wildman–Crippen MR) is 283 cm³/mol. The van der Waals surface area contributed by atoms with Gasteiger partial charge in [0.1, 0.15) is 93.4 Å². The lowest BCUT2D eigenvalue weighted by molar-refractivity contribution is -0.219. The van der Waals surface area contributed by atoms with Gasteiger partial charge < -0.3 is 121 Å². The van der Waals surface area contributed by atoms with Gasteiger partial charge in [-0.3, -0.25) is 0 Å². The zero-order valence-electron chi connectivity index (χ0n) is 42.8. The van der Waals surface area contributed by atoms with Gasteiger partial charge in [0, 0.05) is 81.3 Å². The van der Waals surface area contributed by atoms with Crippen molar-refractivity contribution in [3.8, 4) is 115 Å². The molecule has 0 fully saturated rings. The molecule has 5 aliphatic heterocycles. The highest BCUT2D eigenvalue weighted by Crippen LogP contribution is 2.69. The predicted octanol–water partition coefficient (Wildman–Crippen LogP) is 5.69. The second-order valence-corrected chi connectivity index (χ2v) is 21.2. The highest BCUT2D eigenvalue weighted by atomic mass is 16.7. The van der Waals surface area contributed by atoms with Crippen LogP contribution in [0.25, 0.3) is 0 Å². The number of hydrogen-bond donors (Lipinski definition) is 19. The van der Waals surface area contributed by atoms with Crippen molar-refractivity contribution in [2.24, 2.45) is 0 Å². The summed E-state index contributed by atoms with van der Waals surface area (Å²) in [4.78, 5) is 0. The van der Waals surface area contributed by atoms with E-state index in [4.69, 9.17) is 23.7 Å². The lowest BCUT2D eigenvalue weighted by Crippen LogP contribution is -2.58. The fourth-order valence-corrected chi connectivity index (χ4v) is 12.6. The minimum absolute atomic E-state index is 0.0527. The van der Waals surface area contributed by atoms with Crippen LogP contribution in [0.3, 0.4) is 0 Å². The van der Waals surface area contributed by atoms with Gasteiger partial charge in [-0.25, -0.2) is 0 Å². The number of phenols is 15. The van der Waals surface area contributed by atoms with E-state index in [9.17, 15) is 97.0 Å². The van der Waals surface area contributed by atoms with Crippen molar-refractivity contribution in [3.05, 3.63) is 164 Å². The first kappa shape index (κ1) is 52.9. The molecule has 84 heavy (non-hydrogen) atoms. The Labute approximate surface area is 471 Å². The van der Waals surface area contributed by atoms with E-state index in [2.05, 4.69) is 0 Å². The highest BCUT2D eigenvalue weighted by molar-refractivity contribution is 5.77. The molecule has 0 amide bonds. The number of aliphatic hydroxyl groups excluding tert-OH is 4. The number of aromatic hydroxyl groups is 15. The quantitative estimate of drug-likeness (QED) is 0.0889. The third-order valence-electron chi connectivity index (χ3n) is 16.3. The molecule has 5 aliphatic rings. The Kier molecular flexibility index (Phi) is 11.7. The number of aliphatic hydroxyl groups is 4. The van der Waals surface area contributed by atoms with Gasteiger partial charge in [0.25, 0.3) is 0 Å². The SMILES string of the molecule is Oc1cc(O)c2c(c1)O[C@H](c1ccc(O)c(O)c1)[C@H](O)[C@@H]2c1c(O)c2c(c3c1O[C@]1(c4ccc(O)c(O)c4)Oc4cc(O)cc(O)c4[C@@H]3[C@H]1O)O[C@H](c1ccc(O)c(O)c1)[C@H](O)[C@H]2c1c(O)cc(O)c2c1O[C@H](c1ccc(O)c(O)c1)[C@H](O)C2. The third-order valence-corrected chi connectivity index (χ3v) is 16.3. The summed E-state index contributed by atoms with van der Waals surface area (Å²) in [6.07, 6.45) is -13.5. The van der Waals surface area contributed by atoms with Gasteiger partial charge in [0.05, 0.1) is 23.9 Å². The molecule has 24 nitrogen and oxygen atoms in total. The largest absolute Gasteiger partial charge is 0.508 e.